The highest BCUT2D eigenvalue weighted by atomic mass is 35.5. The average Bonchev–Trinajstić information content (AvgIpc) is 3.21. The molecule has 6 nitrogen and oxygen atoms in total. The molecule has 1 fully saturated rings. The summed E-state index contributed by atoms with van der Waals surface area (Å²) < 4.78 is 5.38. The molecule has 0 radical (unpaired) electrons. The molecule has 1 amide bonds. The highest BCUT2D eigenvalue weighted by molar-refractivity contribution is 7.99. The fraction of sp³-hybridized carbons (Fsp3) is 0.227. The van der Waals surface area contributed by atoms with Gasteiger partial charge in [0.2, 0.25) is 0 Å². The minimum atomic E-state index is -0.209. The quantitative estimate of drug-likeness (QED) is 0.561. The van der Waals surface area contributed by atoms with Crippen molar-refractivity contribution in [3.8, 4) is 6.07 Å². The second kappa shape index (κ2) is 11.3. The maximum atomic E-state index is 12.9. The number of aromatic nitrogens is 1. The Kier molecular flexibility index (Phi) is 8.46. The van der Waals surface area contributed by atoms with Crippen LogP contribution in [-0.2, 0) is 11.3 Å². The number of rotatable bonds is 6. The molecule has 2 aromatic carbocycles. The Morgan fingerprint density at radius 1 is 1.16 bits per heavy atom. The highest BCUT2D eigenvalue weighted by Crippen LogP contribution is 2.33. The van der Waals surface area contributed by atoms with Gasteiger partial charge in [-0.3, -0.25) is 15.0 Å². The second-order valence-corrected chi connectivity index (χ2v) is 8.63. The molecule has 160 valence electrons. The van der Waals surface area contributed by atoms with Gasteiger partial charge in [0.15, 0.2) is 5.13 Å². The summed E-state index contributed by atoms with van der Waals surface area (Å²) in [6, 6.07) is 17.0. The number of hydrogen-bond donors (Lipinski definition) is 1. The van der Waals surface area contributed by atoms with Gasteiger partial charge in [0.05, 0.1) is 30.0 Å². The van der Waals surface area contributed by atoms with Crippen LogP contribution in [-0.4, -0.2) is 42.1 Å². The van der Waals surface area contributed by atoms with Crippen LogP contribution in [0.3, 0.4) is 0 Å². The van der Waals surface area contributed by atoms with Crippen LogP contribution in [0.2, 0.25) is 0 Å². The molecule has 2 heterocycles. The van der Waals surface area contributed by atoms with E-state index in [0.717, 1.165) is 48.3 Å². The molecule has 0 bridgehead atoms. The molecule has 31 heavy (non-hydrogen) atoms. The fourth-order valence-electron chi connectivity index (χ4n) is 3.10. The molecule has 0 aliphatic carbocycles. The standard InChI is InChI=1S/C22H20N4O2S2.ClH/c23-13-16-5-1-3-7-19(16)30-20-8-4-2-6-18(20)21(27)25-22-24-17(15-29-22)14-26-9-11-28-12-10-26;/h1-8,15H,9-12,14H2,(H,24,25,27);1H. The minimum Gasteiger partial charge on any atom is -0.379 e. The zero-order chi connectivity index (χ0) is 20.8. The van der Waals surface area contributed by atoms with E-state index in [1.165, 1.54) is 23.1 Å². The van der Waals surface area contributed by atoms with Crippen molar-refractivity contribution in [1.82, 2.24) is 9.88 Å². The summed E-state index contributed by atoms with van der Waals surface area (Å²) in [5.74, 6) is -0.209. The summed E-state index contributed by atoms with van der Waals surface area (Å²) in [5.41, 5.74) is 2.09. The molecule has 1 N–H and O–H groups in total. The summed E-state index contributed by atoms with van der Waals surface area (Å²) in [7, 11) is 0. The zero-order valence-corrected chi connectivity index (χ0v) is 19.1. The number of anilines is 1. The third-order valence-corrected chi connectivity index (χ3v) is 6.58. The van der Waals surface area contributed by atoms with Gasteiger partial charge in [-0.2, -0.15) is 5.26 Å². The van der Waals surface area contributed by atoms with Crippen molar-refractivity contribution in [3.05, 3.63) is 70.7 Å². The van der Waals surface area contributed by atoms with Gasteiger partial charge in [-0.15, -0.1) is 23.7 Å². The molecule has 1 aromatic heterocycles. The van der Waals surface area contributed by atoms with Gasteiger partial charge in [-0.25, -0.2) is 4.98 Å². The Bertz CT molecular complexity index is 1080. The van der Waals surface area contributed by atoms with E-state index in [9.17, 15) is 10.1 Å². The Hall–Kier alpha value is -2.41. The topological polar surface area (TPSA) is 78.2 Å². The van der Waals surface area contributed by atoms with E-state index in [1.807, 2.05) is 41.8 Å². The van der Waals surface area contributed by atoms with Gasteiger partial charge in [0.25, 0.3) is 5.91 Å². The predicted molar refractivity (Wildman–Crippen MR) is 125 cm³/mol. The molecule has 0 saturated carbocycles. The number of nitrogens with zero attached hydrogens (tertiary/aromatic N) is 3. The lowest BCUT2D eigenvalue weighted by Gasteiger charge is -2.25. The Morgan fingerprint density at radius 2 is 1.87 bits per heavy atom. The number of amides is 1. The van der Waals surface area contributed by atoms with Crippen molar-refractivity contribution < 1.29 is 9.53 Å². The van der Waals surface area contributed by atoms with E-state index >= 15 is 0 Å². The van der Waals surface area contributed by atoms with Crippen molar-refractivity contribution in [1.29, 1.82) is 5.26 Å². The SMILES string of the molecule is Cl.N#Cc1ccccc1Sc1ccccc1C(=O)Nc1nc(CN2CCOCC2)cs1. The minimum absolute atomic E-state index is 0. The van der Waals surface area contributed by atoms with Crippen LogP contribution in [0.4, 0.5) is 5.13 Å². The highest BCUT2D eigenvalue weighted by Gasteiger charge is 2.16. The average molecular weight is 473 g/mol. The van der Waals surface area contributed by atoms with Gasteiger partial charge in [-0.05, 0) is 24.3 Å². The van der Waals surface area contributed by atoms with E-state index < -0.39 is 0 Å². The third kappa shape index (κ3) is 6.06. The first-order valence-corrected chi connectivity index (χ1v) is 11.2. The fourth-order valence-corrected chi connectivity index (χ4v) is 4.82. The van der Waals surface area contributed by atoms with Gasteiger partial charge >= 0.3 is 0 Å². The number of nitriles is 1. The van der Waals surface area contributed by atoms with Crippen LogP contribution in [0.1, 0.15) is 21.6 Å². The Balaban J connectivity index is 0.00000272. The van der Waals surface area contributed by atoms with E-state index in [2.05, 4.69) is 21.3 Å². The second-order valence-electron chi connectivity index (χ2n) is 6.69. The molecule has 4 rings (SSSR count). The lowest BCUT2D eigenvalue weighted by atomic mass is 10.2. The summed E-state index contributed by atoms with van der Waals surface area (Å²) in [6.45, 7) is 4.04. The first-order valence-electron chi connectivity index (χ1n) is 9.55. The molecule has 1 saturated heterocycles. The molecule has 3 aromatic rings. The van der Waals surface area contributed by atoms with Crippen molar-refractivity contribution in [2.75, 3.05) is 31.6 Å². The van der Waals surface area contributed by atoms with E-state index in [0.29, 0.717) is 16.3 Å². The van der Waals surface area contributed by atoms with E-state index in [4.69, 9.17) is 4.74 Å². The molecule has 1 aliphatic heterocycles. The van der Waals surface area contributed by atoms with E-state index in [1.54, 1.807) is 12.1 Å². The van der Waals surface area contributed by atoms with Crippen molar-refractivity contribution in [3.63, 3.8) is 0 Å². The van der Waals surface area contributed by atoms with Crippen LogP contribution in [0, 0.1) is 11.3 Å². The first-order chi connectivity index (χ1) is 14.7. The lowest BCUT2D eigenvalue weighted by Crippen LogP contribution is -2.35. The van der Waals surface area contributed by atoms with Gasteiger partial charge < -0.3 is 4.74 Å². The zero-order valence-electron chi connectivity index (χ0n) is 16.6. The van der Waals surface area contributed by atoms with Crippen LogP contribution < -0.4 is 5.32 Å². The molecular weight excluding hydrogens is 452 g/mol. The number of carbonyl (C=O) groups is 1. The number of halogens is 1. The Labute approximate surface area is 195 Å². The third-order valence-electron chi connectivity index (χ3n) is 4.62. The summed E-state index contributed by atoms with van der Waals surface area (Å²) in [6.07, 6.45) is 0. The monoisotopic (exact) mass is 472 g/mol. The number of thiazole rings is 1. The number of carbonyl (C=O) groups excluding carboxylic acids is 1. The maximum Gasteiger partial charge on any atom is 0.258 e. The number of morpholine rings is 1. The molecule has 0 atom stereocenters. The maximum absolute atomic E-state index is 12.9. The number of nitrogens with one attached hydrogen (secondary N) is 1. The normalized spacial score (nSPS) is 13.8. The summed E-state index contributed by atoms with van der Waals surface area (Å²) in [5, 5.41) is 14.8. The summed E-state index contributed by atoms with van der Waals surface area (Å²) >= 11 is 2.84. The van der Waals surface area contributed by atoms with Gasteiger partial charge in [-0.1, -0.05) is 36.0 Å². The van der Waals surface area contributed by atoms with Crippen molar-refractivity contribution in [2.45, 2.75) is 16.3 Å². The smallest absolute Gasteiger partial charge is 0.258 e. The lowest BCUT2D eigenvalue weighted by molar-refractivity contribution is 0.0337. The van der Waals surface area contributed by atoms with Crippen LogP contribution in [0.25, 0.3) is 0 Å². The molecule has 0 unspecified atom stereocenters. The first kappa shape index (κ1) is 23.3. The van der Waals surface area contributed by atoms with Crippen LogP contribution >= 0.6 is 35.5 Å². The predicted octanol–water partition coefficient (Wildman–Crippen LogP) is 4.67. The van der Waals surface area contributed by atoms with E-state index in [-0.39, 0.29) is 18.3 Å². The van der Waals surface area contributed by atoms with Crippen molar-refractivity contribution in [2.24, 2.45) is 0 Å². The Morgan fingerprint density at radius 3 is 2.65 bits per heavy atom. The van der Waals surface area contributed by atoms with Gasteiger partial charge in [0, 0.05) is 34.8 Å². The van der Waals surface area contributed by atoms with Crippen LogP contribution in [0.5, 0.6) is 0 Å². The molecule has 9 heteroatoms. The molecular formula is C22H21ClN4O2S2. The summed E-state index contributed by atoms with van der Waals surface area (Å²) in [4.78, 5) is 21.4. The number of benzene rings is 2. The largest absolute Gasteiger partial charge is 0.379 e. The molecule has 0 spiro atoms. The number of ether oxygens (including phenoxy) is 1. The van der Waals surface area contributed by atoms with Gasteiger partial charge in [0.1, 0.15) is 6.07 Å². The molecule has 1 aliphatic rings. The van der Waals surface area contributed by atoms with Crippen molar-refractivity contribution >= 4 is 46.5 Å². The van der Waals surface area contributed by atoms with Crippen LogP contribution in [0.15, 0.2) is 63.7 Å². The number of hydrogen-bond acceptors (Lipinski definition) is 7.